The van der Waals surface area contributed by atoms with Gasteiger partial charge in [0.25, 0.3) is 0 Å². The Morgan fingerprint density at radius 2 is 2.18 bits per heavy atom. The summed E-state index contributed by atoms with van der Waals surface area (Å²) in [7, 11) is 1.62. The van der Waals surface area contributed by atoms with Gasteiger partial charge >= 0.3 is 6.03 Å². The average Bonchev–Trinajstić information content (AvgIpc) is 3.01. The summed E-state index contributed by atoms with van der Waals surface area (Å²) in [6.07, 6.45) is 0. The van der Waals surface area contributed by atoms with Crippen LogP contribution < -0.4 is 10.6 Å². The smallest absolute Gasteiger partial charge is 0.319 e. The molecular formula is C16H20N2O3S. The Balaban J connectivity index is 1.89. The van der Waals surface area contributed by atoms with Crippen LogP contribution in [0.15, 0.2) is 41.8 Å². The number of amides is 2. The van der Waals surface area contributed by atoms with Crippen LogP contribution in [-0.2, 0) is 16.9 Å². The van der Waals surface area contributed by atoms with Crippen molar-refractivity contribution in [3.63, 3.8) is 0 Å². The molecule has 1 aromatic heterocycles. The number of aliphatic hydroxyl groups is 1. The number of ether oxygens (including phenoxy) is 1. The minimum atomic E-state index is -1.08. The van der Waals surface area contributed by atoms with Gasteiger partial charge in [0.05, 0.1) is 13.2 Å². The molecule has 0 aliphatic heterocycles. The third-order valence-electron chi connectivity index (χ3n) is 3.14. The quantitative estimate of drug-likeness (QED) is 0.766. The lowest BCUT2D eigenvalue weighted by atomic mass is 10.1. The van der Waals surface area contributed by atoms with Crippen LogP contribution in [0, 0.1) is 0 Å². The van der Waals surface area contributed by atoms with Crippen LogP contribution in [-0.4, -0.2) is 24.8 Å². The van der Waals surface area contributed by atoms with Gasteiger partial charge in [-0.15, -0.1) is 11.3 Å². The molecule has 2 aromatic rings. The van der Waals surface area contributed by atoms with E-state index in [9.17, 15) is 9.90 Å². The average molecular weight is 320 g/mol. The number of anilines is 1. The SMILES string of the molecule is COCc1cccc(NC(=O)NCC(C)(O)c2cccs2)c1. The van der Waals surface area contributed by atoms with Gasteiger partial charge in [0.1, 0.15) is 5.60 Å². The van der Waals surface area contributed by atoms with Crippen molar-refractivity contribution in [3.05, 3.63) is 52.2 Å². The van der Waals surface area contributed by atoms with Crippen LogP contribution in [0.5, 0.6) is 0 Å². The number of hydrogen-bond donors (Lipinski definition) is 3. The van der Waals surface area contributed by atoms with Crippen LogP contribution >= 0.6 is 11.3 Å². The molecule has 0 radical (unpaired) electrons. The number of carbonyl (C=O) groups is 1. The Morgan fingerprint density at radius 1 is 1.36 bits per heavy atom. The van der Waals surface area contributed by atoms with Crippen molar-refractivity contribution >= 4 is 23.1 Å². The molecule has 118 valence electrons. The first-order chi connectivity index (χ1) is 10.5. The second-order valence-electron chi connectivity index (χ2n) is 5.19. The second kappa shape index (κ2) is 7.40. The highest BCUT2D eigenvalue weighted by Crippen LogP contribution is 2.24. The number of hydrogen-bond acceptors (Lipinski definition) is 4. The molecule has 3 N–H and O–H groups in total. The highest BCUT2D eigenvalue weighted by atomic mass is 32.1. The van der Waals surface area contributed by atoms with Crippen molar-refractivity contribution in [2.75, 3.05) is 19.0 Å². The predicted molar refractivity (Wildman–Crippen MR) is 88.1 cm³/mol. The molecule has 0 saturated carbocycles. The van der Waals surface area contributed by atoms with Crippen molar-refractivity contribution < 1.29 is 14.6 Å². The molecule has 2 amide bonds. The minimum Gasteiger partial charge on any atom is -0.383 e. The van der Waals surface area contributed by atoms with Gasteiger partial charge in [-0.1, -0.05) is 18.2 Å². The molecule has 2 rings (SSSR count). The summed E-state index contributed by atoms with van der Waals surface area (Å²) in [4.78, 5) is 12.8. The zero-order chi connectivity index (χ0) is 16.0. The Hall–Kier alpha value is -1.89. The number of methoxy groups -OCH3 is 1. The van der Waals surface area contributed by atoms with E-state index < -0.39 is 5.60 Å². The maximum absolute atomic E-state index is 11.9. The zero-order valence-electron chi connectivity index (χ0n) is 12.6. The van der Waals surface area contributed by atoms with E-state index in [0.717, 1.165) is 10.4 Å². The zero-order valence-corrected chi connectivity index (χ0v) is 13.4. The van der Waals surface area contributed by atoms with Crippen molar-refractivity contribution in [2.45, 2.75) is 19.1 Å². The van der Waals surface area contributed by atoms with Crippen LogP contribution in [0.1, 0.15) is 17.4 Å². The van der Waals surface area contributed by atoms with E-state index in [1.54, 1.807) is 20.1 Å². The van der Waals surface area contributed by atoms with Gasteiger partial charge in [0.2, 0.25) is 0 Å². The van der Waals surface area contributed by atoms with Gasteiger partial charge in [0, 0.05) is 17.7 Å². The Kier molecular flexibility index (Phi) is 5.54. The van der Waals surface area contributed by atoms with Gasteiger partial charge in [-0.05, 0) is 36.1 Å². The lowest BCUT2D eigenvalue weighted by Gasteiger charge is -2.22. The molecule has 0 saturated heterocycles. The van der Waals surface area contributed by atoms with E-state index in [1.807, 2.05) is 35.7 Å². The maximum atomic E-state index is 11.9. The van der Waals surface area contributed by atoms with Gasteiger partial charge < -0.3 is 20.5 Å². The summed E-state index contributed by atoms with van der Waals surface area (Å²) in [5.74, 6) is 0. The first-order valence-electron chi connectivity index (χ1n) is 6.90. The molecule has 1 aromatic carbocycles. The number of benzene rings is 1. The fraction of sp³-hybridized carbons (Fsp3) is 0.312. The summed E-state index contributed by atoms with van der Waals surface area (Å²) < 4.78 is 5.06. The van der Waals surface area contributed by atoms with E-state index in [-0.39, 0.29) is 12.6 Å². The highest BCUT2D eigenvalue weighted by molar-refractivity contribution is 7.10. The summed E-state index contributed by atoms with van der Waals surface area (Å²) in [5, 5.41) is 17.7. The first kappa shape index (κ1) is 16.5. The molecule has 1 unspecified atom stereocenters. The first-order valence-corrected chi connectivity index (χ1v) is 7.78. The summed E-state index contributed by atoms with van der Waals surface area (Å²) >= 11 is 1.46. The van der Waals surface area contributed by atoms with E-state index in [2.05, 4.69) is 10.6 Å². The third kappa shape index (κ3) is 4.56. The van der Waals surface area contributed by atoms with Crippen molar-refractivity contribution in [1.29, 1.82) is 0 Å². The fourth-order valence-corrected chi connectivity index (χ4v) is 2.79. The summed E-state index contributed by atoms with van der Waals surface area (Å²) in [5.41, 5.74) is 0.581. The normalized spacial score (nSPS) is 13.4. The number of carbonyl (C=O) groups excluding carboxylic acids is 1. The standard InChI is InChI=1S/C16H20N2O3S/c1-16(20,14-7-4-8-22-14)11-17-15(19)18-13-6-3-5-12(9-13)10-21-2/h3-9,20H,10-11H2,1-2H3,(H2,17,18,19). The summed E-state index contributed by atoms with van der Waals surface area (Å²) in [6, 6.07) is 10.8. The molecule has 22 heavy (non-hydrogen) atoms. The second-order valence-corrected chi connectivity index (χ2v) is 6.14. The van der Waals surface area contributed by atoms with Crippen molar-refractivity contribution in [2.24, 2.45) is 0 Å². The van der Waals surface area contributed by atoms with Crippen molar-refractivity contribution in [1.82, 2.24) is 5.32 Å². The van der Waals surface area contributed by atoms with Crippen LogP contribution in [0.4, 0.5) is 10.5 Å². The minimum absolute atomic E-state index is 0.136. The van der Waals surface area contributed by atoms with Crippen LogP contribution in [0.25, 0.3) is 0 Å². The molecule has 0 aliphatic rings. The van der Waals surface area contributed by atoms with E-state index in [0.29, 0.717) is 12.3 Å². The fourth-order valence-electron chi connectivity index (χ4n) is 2.01. The number of urea groups is 1. The van der Waals surface area contributed by atoms with Crippen LogP contribution in [0.3, 0.4) is 0 Å². The van der Waals surface area contributed by atoms with E-state index >= 15 is 0 Å². The molecule has 0 aliphatic carbocycles. The van der Waals surface area contributed by atoms with Crippen molar-refractivity contribution in [3.8, 4) is 0 Å². The maximum Gasteiger partial charge on any atom is 0.319 e. The molecule has 0 bridgehead atoms. The van der Waals surface area contributed by atoms with E-state index in [4.69, 9.17) is 4.74 Å². The monoisotopic (exact) mass is 320 g/mol. The molecule has 6 heteroatoms. The Morgan fingerprint density at radius 3 is 2.86 bits per heavy atom. The topological polar surface area (TPSA) is 70.6 Å². The van der Waals surface area contributed by atoms with Gasteiger partial charge in [-0.25, -0.2) is 4.79 Å². The summed E-state index contributed by atoms with van der Waals surface area (Å²) in [6.45, 7) is 2.31. The lowest BCUT2D eigenvalue weighted by Crippen LogP contribution is -2.40. The Labute approximate surface area is 133 Å². The van der Waals surface area contributed by atoms with Gasteiger partial charge in [0.15, 0.2) is 0 Å². The number of nitrogens with one attached hydrogen (secondary N) is 2. The number of rotatable bonds is 6. The van der Waals surface area contributed by atoms with Gasteiger partial charge in [-0.3, -0.25) is 0 Å². The third-order valence-corrected chi connectivity index (χ3v) is 4.26. The van der Waals surface area contributed by atoms with E-state index in [1.165, 1.54) is 11.3 Å². The molecule has 5 nitrogen and oxygen atoms in total. The molecular weight excluding hydrogens is 300 g/mol. The Bertz CT molecular complexity index is 612. The molecule has 0 spiro atoms. The number of thiophene rings is 1. The largest absolute Gasteiger partial charge is 0.383 e. The van der Waals surface area contributed by atoms with Gasteiger partial charge in [-0.2, -0.15) is 0 Å². The lowest BCUT2D eigenvalue weighted by molar-refractivity contribution is 0.0637. The highest BCUT2D eigenvalue weighted by Gasteiger charge is 2.24. The molecule has 1 heterocycles. The molecule has 1 atom stereocenters. The predicted octanol–water partition coefficient (Wildman–Crippen LogP) is 2.92. The molecule has 0 fully saturated rings. The van der Waals surface area contributed by atoms with Crippen LogP contribution in [0.2, 0.25) is 0 Å².